The molecule has 0 saturated carbocycles. The number of benzene rings is 1. The van der Waals surface area contributed by atoms with E-state index in [1.807, 2.05) is 26.1 Å². The highest BCUT2D eigenvalue weighted by Gasteiger charge is 2.25. The molecule has 0 spiro atoms. The predicted molar refractivity (Wildman–Crippen MR) is 104 cm³/mol. The van der Waals surface area contributed by atoms with Crippen LogP contribution >= 0.6 is 35.6 Å². The van der Waals surface area contributed by atoms with Crippen LogP contribution < -0.4 is 5.32 Å². The van der Waals surface area contributed by atoms with Crippen LogP contribution in [0.25, 0.3) is 0 Å². The van der Waals surface area contributed by atoms with Gasteiger partial charge < -0.3 is 10.2 Å². The van der Waals surface area contributed by atoms with Gasteiger partial charge in [-0.3, -0.25) is 4.79 Å². The molecular weight excluding hydrogens is 367 g/mol. The summed E-state index contributed by atoms with van der Waals surface area (Å²) in [6.45, 7) is 6.31. The Morgan fingerprint density at radius 2 is 2.08 bits per heavy atom. The minimum absolute atomic E-state index is 0. The Balaban J connectivity index is 0.00000288. The quantitative estimate of drug-likeness (QED) is 0.766. The van der Waals surface area contributed by atoms with Crippen molar-refractivity contribution in [3.05, 3.63) is 33.8 Å². The number of hydrogen-bond donors (Lipinski definition) is 1. The monoisotopic (exact) mass is 392 g/mol. The fourth-order valence-electron chi connectivity index (χ4n) is 3.22. The van der Waals surface area contributed by atoms with Crippen LogP contribution in [0.5, 0.6) is 0 Å². The molecule has 3 atom stereocenters. The Morgan fingerprint density at radius 3 is 2.67 bits per heavy atom. The topological polar surface area (TPSA) is 32.3 Å². The van der Waals surface area contributed by atoms with Crippen LogP contribution in [0.3, 0.4) is 0 Å². The SMILES string of the molecule is CC(CC(=O)N(C)C(C)c1ccc(Cl)cc1Cl)C1CCCNC1.Cl. The Kier molecular flexibility index (Phi) is 8.86. The molecule has 0 bridgehead atoms. The third kappa shape index (κ3) is 5.52. The van der Waals surface area contributed by atoms with Crippen molar-refractivity contribution in [2.45, 2.75) is 39.2 Å². The Labute approximate surface area is 161 Å². The molecule has 1 aliphatic heterocycles. The summed E-state index contributed by atoms with van der Waals surface area (Å²) in [7, 11) is 1.85. The maximum absolute atomic E-state index is 12.6. The number of rotatable bonds is 5. The number of halogens is 3. The Hall–Kier alpha value is -0.480. The predicted octanol–water partition coefficient (Wildman–Crippen LogP) is 4.96. The van der Waals surface area contributed by atoms with E-state index in [0.29, 0.717) is 28.3 Å². The summed E-state index contributed by atoms with van der Waals surface area (Å²) in [6, 6.07) is 5.37. The maximum Gasteiger partial charge on any atom is 0.223 e. The maximum atomic E-state index is 12.6. The van der Waals surface area contributed by atoms with Gasteiger partial charge in [0, 0.05) is 23.5 Å². The van der Waals surface area contributed by atoms with Gasteiger partial charge in [0.2, 0.25) is 5.91 Å². The molecule has 0 aromatic heterocycles. The van der Waals surface area contributed by atoms with Crippen molar-refractivity contribution < 1.29 is 4.79 Å². The molecule has 6 heteroatoms. The average Bonchev–Trinajstić information content (AvgIpc) is 2.54. The summed E-state index contributed by atoms with van der Waals surface area (Å²) < 4.78 is 0. The Bertz CT molecular complexity index is 547. The second kappa shape index (κ2) is 9.86. The molecule has 2 rings (SSSR count). The normalized spacial score (nSPS) is 20.0. The number of nitrogens with zero attached hydrogens (tertiary/aromatic N) is 1. The lowest BCUT2D eigenvalue weighted by atomic mass is 9.85. The largest absolute Gasteiger partial charge is 0.339 e. The first kappa shape index (κ1) is 21.6. The minimum Gasteiger partial charge on any atom is -0.339 e. The molecule has 24 heavy (non-hydrogen) atoms. The fourth-order valence-corrected chi connectivity index (χ4v) is 3.78. The molecule has 3 nitrogen and oxygen atoms in total. The van der Waals surface area contributed by atoms with Crippen molar-refractivity contribution in [3.63, 3.8) is 0 Å². The van der Waals surface area contributed by atoms with E-state index in [9.17, 15) is 4.79 Å². The third-order valence-electron chi connectivity index (χ3n) is 5.02. The van der Waals surface area contributed by atoms with Crippen LogP contribution in [0.15, 0.2) is 18.2 Å². The van der Waals surface area contributed by atoms with Gasteiger partial charge >= 0.3 is 0 Å². The van der Waals surface area contributed by atoms with E-state index < -0.39 is 0 Å². The summed E-state index contributed by atoms with van der Waals surface area (Å²) in [5.41, 5.74) is 0.930. The van der Waals surface area contributed by atoms with Crippen LogP contribution in [0.1, 0.15) is 44.7 Å². The van der Waals surface area contributed by atoms with Crippen molar-refractivity contribution >= 4 is 41.5 Å². The molecular formula is C18H27Cl3N2O. The summed E-state index contributed by atoms with van der Waals surface area (Å²) in [6.07, 6.45) is 3.00. The number of carbonyl (C=O) groups is 1. The molecule has 0 aliphatic carbocycles. The summed E-state index contributed by atoms with van der Waals surface area (Å²) >= 11 is 12.2. The van der Waals surface area contributed by atoms with Crippen LogP contribution in [0.2, 0.25) is 10.0 Å². The first-order chi connectivity index (χ1) is 10.9. The molecule has 0 radical (unpaired) electrons. The van der Waals surface area contributed by atoms with E-state index in [2.05, 4.69) is 12.2 Å². The average molecular weight is 394 g/mol. The van der Waals surface area contributed by atoms with Crippen LogP contribution in [0.4, 0.5) is 0 Å². The van der Waals surface area contributed by atoms with E-state index in [1.165, 1.54) is 12.8 Å². The number of piperidine rings is 1. The molecule has 1 aromatic rings. The van der Waals surface area contributed by atoms with Crippen molar-refractivity contribution in [1.82, 2.24) is 10.2 Å². The molecule has 1 N–H and O–H groups in total. The molecule has 1 heterocycles. The highest BCUT2D eigenvalue weighted by Crippen LogP contribution is 2.30. The summed E-state index contributed by atoms with van der Waals surface area (Å²) in [5, 5.41) is 4.64. The number of nitrogens with one attached hydrogen (secondary N) is 1. The smallest absolute Gasteiger partial charge is 0.223 e. The van der Waals surface area contributed by atoms with Gasteiger partial charge in [-0.05, 0) is 62.4 Å². The van der Waals surface area contributed by atoms with Crippen LogP contribution in [0, 0.1) is 11.8 Å². The van der Waals surface area contributed by atoms with Gasteiger partial charge in [-0.1, -0.05) is 36.2 Å². The molecule has 1 aromatic carbocycles. The molecule has 1 fully saturated rings. The zero-order valence-corrected chi connectivity index (χ0v) is 16.8. The van der Waals surface area contributed by atoms with Gasteiger partial charge in [-0.15, -0.1) is 12.4 Å². The first-order valence-electron chi connectivity index (χ1n) is 8.31. The first-order valence-corrected chi connectivity index (χ1v) is 9.07. The standard InChI is InChI=1S/C18H26Cl2N2O.ClH/c1-12(14-5-4-8-21-11-14)9-18(23)22(3)13(2)16-7-6-15(19)10-17(16)20;/h6-7,10,12-14,21H,4-5,8-9,11H2,1-3H3;1H. The van der Waals surface area contributed by atoms with Gasteiger partial charge in [0.15, 0.2) is 0 Å². The minimum atomic E-state index is -0.0658. The fraction of sp³-hybridized carbons (Fsp3) is 0.611. The van der Waals surface area contributed by atoms with Crippen molar-refractivity contribution in [2.75, 3.05) is 20.1 Å². The van der Waals surface area contributed by atoms with E-state index in [-0.39, 0.29) is 24.4 Å². The van der Waals surface area contributed by atoms with E-state index in [4.69, 9.17) is 23.2 Å². The van der Waals surface area contributed by atoms with Crippen LogP contribution in [-0.2, 0) is 4.79 Å². The van der Waals surface area contributed by atoms with E-state index in [1.54, 1.807) is 11.0 Å². The van der Waals surface area contributed by atoms with Crippen molar-refractivity contribution in [3.8, 4) is 0 Å². The van der Waals surface area contributed by atoms with E-state index in [0.717, 1.165) is 18.7 Å². The summed E-state index contributed by atoms with van der Waals surface area (Å²) in [4.78, 5) is 14.4. The van der Waals surface area contributed by atoms with Gasteiger partial charge in [0.25, 0.3) is 0 Å². The second-order valence-corrected chi connectivity index (χ2v) is 7.48. The lowest BCUT2D eigenvalue weighted by Crippen LogP contribution is -2.36. The summed E-state index contributed by atoms with van der Waals surface area (Å²) in [5.74, 6) is 1.16. The second-order valence-electron chi connectivity index (χ2n) is 6.63. The van der Waals surface area contributed by atoms with Gasteiger partial charge in [-0.25, -0.2) is 0 Å². The zero-order valence-electron chi connectivity index (χ0n) is 14.5. The number of amides is 1. The number of carbonyl (C=O) groups excluding carboxylic acids is 1. The molecule has 3 unspecified atom stereocenters. The highest BCUT2D eigenvalue weighted by atomic mass is 35.5. The van der Waals surface area contributed by atoms with Gasteiger partial charge in [-0.2, -0.15) is 0 Å². The third-order valence-corrected chi connectivity index (χ3v) is 5.59. The molecule has 1 saturated heterocycles. The molecule has 1 amide bonds. The van der Waals surface area contributed by atoms with E-state index >= 15 is 0 Å². The number of hydrogen-bond acceptors (Lipinski definition) is 2. The lowest BCUT2D eigenvalue weighted by molar-refractivity contribution is -0.133. The van der Waals surface area contributed by atoms with Gasteiger partial charge in [0.05, 0.1) is 6.04 Å². The van der Waals surface area contributed by atoms with Gasteiger partial charge in [0.1, 0.15) is 0 Å². The highest BCUT2D eigenvalue weighted by molar-refractivity contribution is 6.35. The molecule has 136 valence electrons. The lowest BCUT2D eigenvalue weighted by Gasteiger charge is -2.31. The van der Waals surface area contributed by atoms with Crippen molar-refractivity contribution in [2.24, 2.45) is 11.8 Å². The Morgan fingerprint density at radius 1 is 1.38 bits per heavy atom. The molecule has 1 aliphatic rings. The zero-order chi connectivity index (χ0) is 17.0. The van der Waals surface area contributed by atoms with Crippen LogP contribution in [-0.4, -0.2) is 30.9 Å². The van der Waals surface area contributed by atoms with Crippen molar-refractivity contribution in [1.29, 1.82) is 0 Å².